The van der Waals surface area contributed by atoms with E-state index in [1.54, 1.807) is 54.3 Å². The summed E-state index contributed by atoms with van der Waals surface area (Å²) in [5.74, 6) is 0.824. The van der Waals surface area contributed by atoms with Gasteiger partial charge in [0.1, 0.15) is 23.9 Å². The molecule has 10 nitrogen and oxygen atoms in total. The van der Waals surface area contributed by atoms with Gasteiger partial charge in [-0.15, -0.1) is 5.10 Å². The van der Waals surface area contributed by atoms with E-state index in [0.717, 1.165) is 31.2 Å². The van der Waals surface area contributed by atoms with E-state index in [2.05, 4.69) is 15.6 Å². The lowest BCUT2D eigenvalue weighted by atomic mass is 10.00. The molecule has 1 N–H and O–H groups in total. The molecule has 1 fully saturated rings. The minimum atomic E-state index is -1.05. The van der Waals surface area contributed by atoms with E-state index in [1.165, 1.54) is 19.1 Å². The summed E-state index contributed by atoms with van der Waals surface area (Å²) in [7, 11) is 4.64. The number of amides is 2. The first-order valence-electron chi connectivity index (χ1n) is 13.3. The maximum absolute atomic E-state index is 14.3. The lowest BCUT2D eigenvalue weighted by molar-refractivity contribution is -0.127. The maximum Gasteiger partial charge on any atom is 0.249 e. The highest BCUT2D eigenvalue weighted by Gasteiger charge is 2.37. The average molecular weight is 544 g/mol. The predicted octanol–water partition coefficient (Wildman–Crippen LogP) is 4.29. The van der Waals surface area contributed by atoms with E-state index in [4.69, 9.17) is 14.2 Å². The molecule has 208 valence electrons. The fourth-order valence-electron chi connectivity index (χ4n) is 5.29. The van der Waals surface area contributed by atoms with Crippen molar-refractivity contribution in [3.63, 3.8) is 0 Å². The molecule has 1 saturated carbocycles. The fourth-order valence-corrected chi connectivity index (χ4v) is 5.29. The Hall–Kier alpha value is -4.60. The number of para-hydroxylation sites is 2. The summed E-state index contributed by atoms with van der Waals surface area (Å²) in [5, 5.41) is 11.6. The molecule has 2 amide bonds. The van der Waals surface area contributed by atoms with Crippen LogP contribution in [0.15, 0.2) is 66.7 Å². The highest BCUT2D eigenvalue weighted by atomic mass is 16.5. The maximum atomic E-state index is 14.3. The molecule has 0 aliphatic heterocycles. The summed E-state index contributed by atoms with van der Waals surface area (Å²) in [5.41, 5.74) is 2.42. The largest absolute Gasteiger partial charge is 0.497 e. The van der Waals surface area contributed by atoms with Crippen LogP contribution in [0.2, 0.25) is 0 Å². The third-order valence-electron chi connectivity index (χ3n) is 7.26. The number of nitrogens with zero attached hydrogens (tertiary/aromatic N) is 4. The molecular formula is C30H33N5O5. The third kappa shape index (κ3) is 5.42. The highest BCUT2D eigenvalue weighted by Crippen LogP contribution is 2.39. The van der Waals surface area contributed by atoms with Crippen molar-refractivity contribution in [2.45, 2.75) is 44.3 Å². The first-order chi connectivity index (χ1) is 19.5. The number of carbonyl (C=O) groups is 2. The van der Waals surface area contributed by atoms with Crippen molar-refractivity contribution in [2.24, 2.45) is 0 Å². The highest BCUT2D eigenvalue weighted by molar-refractivity contribution is 6.02. The van der Waals surface area contributed by atoms with Gasteiger partial charge in [-0.3, -0.25) is 14.5 Å². The Morgan fingerprint density at radius 3 is 2.40 bits per heavy atom. The van der Waals surface area contributed by atoms with Crippen molar-refractivity contribution < 1.29 is 23.8 Å². The van der Waals surface area contributed by atoms with E-state index >= 15 is 0 Å². The van der Waals surface area contributed by atoms with Gasteiger partial charge in [-0.1, -0.05) is 42.3 Å². The summed E-state index contributed by atoms with van der Waals surface area (Å²) in [6.07, 6.45) is 3.90. The van der Waals surface area contributed by atoms with Crippen molar-refractivity contribution in [1.82, 2.24) is 20.3 Å². The molecule has 1 aliphatic rings. The molecular weight excluding hydrogens is 510 g/mol. The Morgan fingerprint density at radius 1 is 0.950 bits per heavy atom. The first-order valence-corrected chi connectivity index (χ1v) is 13.3. The Bertz CT molecular complexity index is 1480. The Kier molecular flexibility index (Phi) is 8.14. The van der Waals surface area contributed by atoms with Crippen molar-refractivity contribution in [3.8, 4) is 17.2 Å². The van der Waals surface area contributed by atoms with Crippen LogP contribution in [0.5, 0.6) is 17.2 Å². The van der Waals surface area contributed by atoms with Gasteiger partial charge >= 0.3 is 0 Å². The van der Waals surface area contributed by atoms with Crippen LogP contribution in [0, 0.1) is 0 Å². The fraction of sp³-hybridized carbons (Fsp3) is 0.333. The molecule has 0 radical (unpaired) electrons. The topological polar surface area (TPSA) is 108 Å². The van der Waals surface area contributed by atoms with Crippen LogP contribution in [-0.4, -0.2) is 54.2 Å². The van der Waals surface area contributed by atoms with E-state index in [1.807, 2.05) is 24.3 Å². The molecule has 10 heteroatoms. The quantitative estimate of drug-likeness (QED) is 0.318. The number of aromatic nitrogens is 3. The molecule has 5 rings (SSSR count). The van der Waals surface area contributed by atoms with Gasteiger partial charge in [0.2, 0.25) is 11.8 Å². The monoisotopic (exact) mass is 543 g/mol. The summed E-state index contributed by atoms with van der Waals surface area (Å²) >= 11 is 0. The molecule has 1 aromatic heterocycles. The minimum Gasteiger partial charge on any atom is -0.497 e. The van der Waals surface area contributed by atoms with E-state index in [0.29, 0.717) is 34.0 Å². The zero-order valence-electron chi connectivity index (χ0n) is 22.9. The molecule has 1 aliphatic carbocycles. The van der Waals surface area contributed by atoms with Crippen molar-refractivity contribution in [2.75, 3.05) is 26.2 Å². The number of fused-ring (bicyclic) bond motifs is 1. The number of anilines is 1. The second-order valence-electron chi connectivity index (χ2n) is 9.67. The molecule has 0 spiro atoms. The molecule has 1 atom stereocenters. The molecule has 3 aromatic carbocycles. The summed E-state index contributed by atoms with van der Waals surface area (Å²) in [4.78, 5) is 29.9. The Balaban J connectivity index is 1.63. The van der Waals surface area contributed by atoms with Crippen molar-refractivity contribution >= 4 is 28.5 Å². The average Bonchev–Trinajstić information content (AvgIpc) is 3.65. The Morgan fingerprint density at radius 2 is 1.70 bits per heavy atom. The molecule has 1 unspecified atom stereocenters. The molecule has 4 aromatic rings. The van der Waals surface area contributed by atoms with Crippen LogP contribution in [0.1, 0.15) is 37.3 Å². The van der Waals surface area contributed by atoms with Crippen molar-refractivity contribution in [1.29, 1.82) is 0 Å². The second-order valence-corrected chi connectivity index (χ2v) is 9.67. The number of benzene rings is 3. The van der Waals surface area contributed by atoms with Crippen molar-refractivity contribution in [3.05, 3.63) is 72.3 Å². The van der Waals surface area contributed by atoms with Crippen LogP contribution < -0.4 is 24.4 Å². The number of hydrogen-bond donors (Lipinski definition) is 1. The van der Waals surface area contributed by atoms with Gasteiger partial charge < -0.3 is 19.5 Å². The molecule has 1 heterocycles. The zero-order chi connectivity index (χ0) is 28.1. The lowest BCUT2D eigenvalue weighted by Gasteiger charge is -2.33. The van der Waals surface area contributed by atoms with Gasteiger partial charge in [-0.2, -0.15) is 0 Å². The van der Waals surface area contributed by atoms with Gasteiger partial charge in [0, 0.05) is 17.3 Å². The van der Waals surface area contributed by atoms with Gasteiger partial charge in [-0.05, 0) is 55.3 Å². The minimum absolute atomic E-state index is 0.0404. The number of ether oxygens (including phenoxy) is 3. The molecule has 0 saturated heterocycles. The number of hydrogen-bond acceptors (Lipinski definition) is 7. The summed E-state index contributed by atoms with van der Waals surface area (Å²) in [6.45, 7) is -0.133. The van der Waals surface area contributed by atoms with E-state index < -0.39 is 6.04 Å². The number of nitrogens with one attached hydrogen (secondary N) is 1. The van der Waals surface area contributed by atoms with Gasteiger partial charge in [-0.25, -0.2) is 4.68 Å². The zero-order valence-corrected chi connectivity index (χ0v) is 22.9. The summed E-state index contributed by atoms with van der Waals surface area (Å²) in [6, 6.07) is 18.8. The standard InChI is InChI=1S/C30H33N5O5/c1-38-22-17-15-21(16-18-22)35(27(36)19-34-25-13-7-6-12-24(25)32-33-34)28(30(37)31-20-9-4-5-10-20)23-11-8-14-26(39-2)29(23)40-3/h6-8,11-18,20,28H,4-5,9-10,19H2,1-3H3,(H,31,37). The predicted molar refractivity (Wildman–Crippen MR) is 151 cm³/mol. The number of rotatable bonds is 10. The number of methoxy groups -OCH3 is 3. The third-order valence-corrected chi connectivity index (χ3v) is 7.26. The van der Waals surface area contributed by atoms with Crippen LogP contribution in [-0.2, 0) is 16.1 Å². The van der Waals surface area contributed by atoms with E-state index in [-0.39, 0.29) is 24.4 Å². The van der Waals surface area contributed by atoms with Crippen LogP contribution in [0.4, 0.5) is 5.69 Å². The number of carbonyl (C=O) groups excluding carboxylic acids is 2. The SMILES string of the molecule is COc1ccc(N(C(=O)Cn2nnc3ccccc32)C(C(=O)NC2CCCC2)c2cccc(OC)c2OC)cc1. The van der Waals surface area contributed by atoms with Crippen LogP contribution in [0.3, 0.4) is 0 Å². The smallest absolute Gasteiger partial charge is 0.249 e. The van der Waals surface area contributed by atoms with Gasteiger partial charge in [0.25, 0.3) is 0 Å². The van der Waals surface area contributed by atoms with Gasteiger partial charge in [0.05, 0.1) is 26.8 Å². The lowest BCUT2D eigenvalue weighted by Crippen LogP contribution is -2.47. The first kappa shape index (κ1) is 27.0. The normalized spacial score (nSPS) is 14.1. The van der Waals surface area contributed by atoms with Gasteiger partial charge in [0.15, 0.2) is 11.5 Å². The summed E-state index contributed by atoms with van der Waals surface area (Å²) < 4.78 is 18.2. The second kappa shape index (κ2) is 12.1. The molecule has 40 heavy (non-hydrogen) atoms. The van der Waals surface area contributed by atoms with Crippen LogP contribution >= 0.6 is 0 Å². The van der Waals surface area contributed by atoms with E-state index in [9.17, 15) is 9.59 Å². The van der Waals surface area contributed by atoms with Crippen LogP contribution in [0.25, 0.3) is 11.0 Å². The Labute approximate surface area is 232 Å². The molecule has 0 bridgehead atoms.